The predicted molar refractivity (Wildman–Crippen MR) is 31.9 cm³/mol. The number of hydrogen-bond acceptors (Lipinski definition) is 2. The third kappa shape index (κ3) is 3.12. The largest absolute Gasteiger partial charge is 0.396 e. The van der Waals surface area contributed by atoms with Gasteiger partial charge < -0.3 is 9.66 Å². The number of aliphatic hydroxyl groups is 1. The molecule has 0 heterocycles. The lowest BCUT2D eigenvalue weighted by Gasteiger charge is -2.00. The van der Waals surface area contributed by atoms with Crippen LogP contribution in [0.15, 0.2) is 0 Å². The Morgan fingerprint density at radius 2 is 2.25 bits per heavy atom. The molecule has 0 radical (unpaired) electrons. The zero-order chi connectivity index (χ0) is 6.57. The van der Waals surface area contributed by atoms with Crippen molar-refractivity contribution in [3.05, 3.63) is 0 Å². The standard InChI is InChI=1S/C4H10O3S/c1-4(2-3-5)8(6)7/h4-5H,2-3H2,1H3,(H,6,7). The van der Waals surface area contributed by atoms with Crippen molar-refractivity contribution in [1.82, 2.24) is 0 Å². The van der Waals surface area contributed by atoms with Gasteiger partial charge in [-0.25, -0.2) is 4.21 Å². The van der Waals surface area contributed by atoms with Crippen LogP contribution < -0.4 is 0 Å². The lowest BCUT2D eigenvalue weighted by atomic mass is 10.4. The third-order valence-electron chi connectivity index (χ3n) is 0.880. The van der Waals surface area contributed by atoms with Crippen LogP contribution >= 0.6 is 0 Å². The molecule has 0 aromatic heterocycles. The van der Waals surface area contributed by atoms with E-state index in [-0.39, 0.29) is 11.9 Å². The van der Waals surface area contributed by atoms with Gasteiger partial charge in [-0.3, -0.25) is 0 Å². The van der Waals surface area contributed by atoms with Crippen LogP contribution in [0.25, 0.3) is 0 Å². The Bertz CT molecular complexity index is 83.4. The van der Waals surface area contributed by atoms with Gasteiger partial charge in [0.15, 0.2) is 11.1 Å². The van der Waals surface area contributed by atoms with E-state index in [1.165, 1.54) is 0 Å². The maximum absolute atomic E-state index is 10.1. The lowest BCUT2D eigenvalue weighted by Crippen LogP contribution is -2.10. The van der Waals surface area contributed by atoms with Gasteiger partial charge in [-0.05, 0) is 13.3 Å². The van der Waals surface area contributed by atoms with E-state index in [1.807, 2.05) is 0 Å². The van der Waals surface area contributed by atoms with Gasteiger partial charge in [-0.15, -0.1) is 0 Å². The van der Waals surface area contributed by atoms with E-state index in [9.17, 15) is 4.21 Å². The summed E-state index contributed by atoms with van der Waals surface area (Å²) < 4.78 is 18.4. The fraction of sp³-hybridized carbons (Fsp3) is 1.00. The lowest BCUT2D eigenvalue weighted by molar-refractivity contribution is 0.286. The summed E-state index contributed by atoms with van der Waals surface area (Å²) in [5.74, 6) is 0. The second-order valence-corrected chi connectivity index (χ2v) is 2.96. The van der Waals surface area contributed by atoms with Gasteiger partial charge in [0.1, 0.15) is 0 Å². The average Bonchev–Trinajstić information content (AvgIpc) is 1.67. The predicted octanol–water partition coefficient (Wildman–Crippen LogP) is -0.0210. The molecule has 3 nitrogen and oxygen atoms in total. The summed E-state index contributed by atoms with van der Waals surface area (Å²) in [4.78, 5) is 0. The Labute approximate surface area is 51.0 Å². The van der Waals surface area contributed by atoms with E-state index in [0.717, 1.165) is 0 Å². The number of hydrogen-bond donors (Lipinski definition) is 2. The maximum atomic E-state index is 10.1. The number of rotatable bonds is 3. The Balaban J connectivity index is 3.32. The first kappa shape index (κ1) is 8.07. The molecule has 0 aromatic rings. The van der Waals surface area contributed by atoms with Crippen molar-refractivity contribution in [1.29, 1.82) is 0 Å². The topological polar surface area (TPSA) is 57.5 Å². The average molecular weight is 138 g/mol. The smallest absolute Gasteiger partial charge is 0.155 e. The molecular weight excluding hydrogens is 128 g/mol. The summed E-state index contributed by atoms with van der Waals surface area (Å²) in [5, 5.41) is 7.93. The zero-order valence-corrected chi connectivity index (χ0v) is 5.52. The van der Waals surface area contributed by atoms with Crippen molar-refractivity contribution >= 4 is 11.1 Å². The molecule has 0 aromatic carbocycles. The highest BCUT2D eigenvalue weighted by Crippen LogP contribution is 1.95. The van der Waals surface area contributed by atoms with Crippen LogP contribution in [-0.4, -0.2) is 25.7 Å². The zero-order valence-electron chi connectivity index (χ0n) is 4.70. The van der Waals surface area contributed by atoms with Gasteiger partial charge in [-0.2, -0.15) is 0 Å². The first-order chi connectivity index (χ1) is 3.68. The van der Waals surface area contributed by atoms with Crippen molar-refractivity contribution < 1.29 is 13.9 Å². The van der Waals surface area contributed by atoms with E-state index in [2.05, 4.69) is 0 Å². The van der Waals surface area contributed by atoms with Crippen LogP contribution in [0.3, 0.4) is 0 Å². The molecule has 0 fully saturated rings. The Kier molecular flexibility index (Phi) is 4.03. The Morgan fingerprint density at radius 1 is 1.75 bits per heavy atom. The second-order valence-electron chi connectivity index (χ2n) is 1.60. The van der Waals surface area contributed by atoms with Gasteiger partial charge in [0.25, 0.3) is 0 Å². The fourth-order valence-corrected chi connectivity index (χ4v) is 0.590. The highest BCUT2D eigenvalue weighted by molar-refractivity contribution is 7.79. The quantitative estimate of drug-likeness (QED) is 0.539. The van der Waals surface area contributed by atoms with E-state index < -0.39 is 11.1 Å². The molecule has 0 rings (SSSR count). The first-order valence-corrected chi connectivity index (χ1v) is 3.56. The molecule has 0 spiro atoms. The van der Waals surface area contributed by atoms with Gasteiger partial charge in [0, 0.05) is 6.61 Å². The van der Waals surface area contributed by atoms with E-state index in [1.54, 1.807) is 6.92 Å². The molecule has 0 saturated heterocycles. The monoisotopic (exact) mass is 138 g/mol. The Morgan fingerprint density at radius 3 is 2.38 bits per heavy atom. The van der Waals surface area contributed by atoms with Crippen molar-refractivity contribution in [3.63, 3.8) is 0 Å². The molecule has 4 heteroatoms. The molecule has 50 valence electrons. The van der Waals surface area contributed by atoms with Crippen LogP contribution in [0, 0.1) is 0 Å². The van der Waals surface area contributed by atoms with Crippen LogP contribution in [-0.2, 0) is 11.1 Å². The van der Waals surface area contributed by atoms with Gasteiger partial charge in [0.05, 0.1) is 5.25 Å². The van der Waals surface area contributed by atoms with Gasteiger partial charge >= 0.3 is 0 Å². The van der Waals surface area contributed by atoms with E-state index >= 15 is 0 Å². The minimum Gasteiger partial charge on any atom is -0.396 e. The van der Waals surface area contributed by atoms with Crippen LogP contribution in [0.5, 0.6) is 0 Å². The van der Waals surface area contributed by atoms with E-state index in [0.29, 0.717) is 6.42 Å². The van der Waals surface area contributed by atoms with E-state index in [4.69, 9.17) is 9.66 Å². The molecule has 0 amide bonds. The Hall–Kier alpha value is 0.0700. The molecule has 8 heavy (non-hydrogen) atoms. The molecule has 0 bridgehead atoms. The minimum absolute atomic E-state index is 0.0204. The van der Waals surface area contributed by atoms with Gasteiger partial charge in [-0.1, -0.05) is 0 Å². The highest BCUT2D eigenvalue weighted by Gasteiger charge is 2.05. The second kappa shape index (κ2) is 4.00. The van der Waals surface area contributed by atoms with Gasteiger partial charge in [0.2, 0.25) is 0 Å². The van der Waals surface area contributed by atoms with Crippen molar-refractivity contribution in [2.24, 2.45) is 0 Å². The maximum Gasteiger partial charge on any atom is 0.155 e. The molecule has 2 N–H and O–H groups in total. The summed E-state index contributed by atoms with van der Waals surface area (Å²) in [5.41, 5.74) is 0. The highest BCUT2D eigenvalue weighted by atomic mass is 32.2. The molecule has 0 saturated carbocycles. The molecule has 0 aliphatic heterocycles. The molecule has 2 unspecified atom stereocenters. The summed E-state index contributed by atoms with van der Waals surface area (Å²) in [6, 6.07) is 0. The minimum atomic E-state index is -1.77. The van der Waals surface area contributed by atoms with Crippen molar-refractivity contribution in [2.75, 3.05) is 6.61 Å². The number of aliphatic hydroxyl groups excluding tert-OH is 1. The molecule has 0 aliphatic rings. The van der Waals surface area contributed by atoms with Crippen LogP contribution in [0.4, 0.5) is 0 Å². The SMILES string of the molecule is CC(CCO)S(=O)O. The third-order valence-corrected chi connectivity index (χ3v) is 1.80. The summed E-state index contributed by atoms with van der Waals surface area (Å²) in [7, 11) is 0. The van der Waals surface area contributed by atoms with Crippen molar-refractivity contribution in [3.8, 4) is 0 Å². The first-order valence-electron chi connectivity index (χ1n) is 2.39. The summed E-state index contributed by atoms with van der Waals surface area (Å²) in [6.45, 7) is 1.60. The molecule has 0 aliphatic carbocycles. The summed E-state index contributed by atoms with van der Waals surface area (Å²) >= 11 is -1.77. The van der Waals surface area contributed by atoms with Crippen LogP contribution in [0.1, 0.15) is 13.3 Å². The molecular formula is C4H10O3S. The molecule has 2 atom stereocenters. The normalized spacial score (nSPS) is 17.9. The fourth-order valence-electron chi connectivity index (χ4n) is 0.283. The summed E-state index contributed by atoms with van der Waals surface area (Å²) in [6.07, 6.45) is 0.392. The van der Waals surface area contributed by atoms with Crippen molar-refractivity contribution in [2.45, 2.75) is 18.6 Å². The van der Waals surface area contributed by atoms with Crippen LogP contribution in [0.2, 0.25) is 0 Å².